The SMILES string of the molecule is CC(C)NCCCCCc1ccc2c(c1)CCO2. The number of benzene rings is 1. The van der Waals surface area contributed by atoms with Crippen LogP contribution in [0.25, 0.3) is 0 Å². The summed E-state index contributed by atoms with van der Waals surface area (Å²) in [4.78, 5) is 0. The minimum atomic E-state index is 0.613. The van der Waals surface area contributed by atoms with E-state index in [9.17, 15) is 0 Å². The Kier molecular flexibility index (Phi) is 5.06. The molecule has 0 saturated carbocycles. The van der Waals surface area contributed by atoms with Crippen molar-refractivity contribution in [3.05, 3.63) is 29.3 Å². The van der Waals surface area contributed by atoms with Crippen LogP contribution in [0.1, 0.15) is 44.2 Å². The minimum absolute atomic E-state index is 0.613. The maximum atomic E-state index is 5.53. The van der Waals surface area contributed by atoms with Crippen LogP contribution in [0.3, 0.4) is 0 Å². The predicted octanol–water partition coefficient (Wildman–Crippen LogP) is 3.33. The van der Waals surface area contributed by atoms with Crippen molar-refractivity contribution in [1.29, 1.82) is 0 Å². The van der Waals surface area contributed by atoms with Crippen LogP contribution in [-0.2, 0) is 12.8 Å². The van der Waals surface area contributed by atoms with Crippen molar-refractivity contribution in [2.24, 2.45) is 0 Å². The fourth-order valence-corrected chi connectivity index (χ4v) is 2.42. The zero-order chi connectivity index (χ0) is 12.8. The first-order chi connectivity index (χ1) is 8.75. The monoisotopic (exact) mass is 247 g/mol. The predicted molar refractivity (Wildman–Crippen MR) is 76.3 cm³/mol. The van der Waals surface area contributed by atoms with Crippen LogP contribution in [0.2, 0.25) is 0 Å². The molecule has 1 aromatic rings. The van der Waals surface area contributed by atoms with Gasteiger partial charge in [0.25, 0.3) is 0 Å². The molecule has 2 rings (SSSR count). The fraction of sp³-hybridized carbons (Fsp3) is 0.625. The van der Waals surface area contributed by atoms with E-state index in [-0.39, 0.29) is 0 Å². The molecule has 18 heavy (non-hydrogen) atoms. The van der Waals surface area contributed by atoms with E-state index in [1.807, 2.05) is 0 Å². The smallest absolute Gasteiger partial charge is 0.122 e. The third kappa shape index (κ3) is 4.02. The Labute approximate surface area is 111 Å². The average molecular weight is 247 g/mol. The molecule has 0 unspecified atom stereocenters. The summed E-state index contributed by atoms with van der Waals surface area (Å²) in [5.74, 6) is 1.10. The third-order valence-electron chi connectivity index (χ3n) is 3.45. The number of hydrogen-bond acceptors (Lipinski definition) is 2. The highest BCUT2D eigenvalue weighted by atomic mass is 16.5. The highest BCUT2D eigenvalue weighted by Crippen LogP contribution is 2.26. The molecule has 1 aliphatic rings. The van der Waals surface area contributed by atoms with E-state index < -0.39 is 0 Å². The summed E-state index contributed by atoms with van der Waals surface area (Å²) in [7, 11) is 0. The lowest BCUT2D eigenvalue weighted by atomic mass is 10.0. The van der Waals surface area contributed by atoms with Gasteiger partial charge in [0.05, 0.1) is 6.61 Å². The maximum Gasteiger partial charge on any atom is 0.122 e. The van der Waals surface area contributed by atoms with Crippen LogP contribution < -0.4 is 10.1 Å². The van der Waals surface area contributed by atoms with E-state index in [0.29, 0.717) is 6.04 Å². The summed E-state index contributed by atoms with van der Waals surface area (Å²) in [5.41, 5.74) is 2.87. The number of unbranched alkanes of at least 4 members (excludes halogenated alkanes) is 2. The van der Waals surface area contributed by atoms with Crippen LogP contribution in [0.4, 0.5) is 0 Å². The van der Waals surface area contributed by atoms with Gasteiger partial charge in [0.15, 0.2) is 0 Å². The Bertz CT molecular complexity index is 373. The Morgan fingerprint density at radius 3 is 2.94 bits per heavy atom. The molecule has 0 amide bonds. The van der Waals surface area contributed by atoms with Gasteiger partial charge >= 0.3 is 0 Å². The molecule has 0 radical (unpaired) electrons. The molecule has 2 heteroatoms. The molecule has 2 nitrogen and oxygen atoms in total. The first kappa shape index (κ1) is 13.4. The molecule has 0 spiro atoms. The van der Waals surface area contributed by atoms with Crippen molar-refractivity contribution in [3.8, 4) is 5.75 Å². The first-order valence-corrected chi connectivity index (χ1v) is 7.23. The Morgan fingerprint density at radius 2 is 2.11 bits per heavy atom. The van der Waals surface area contributed by atoms with E-state index in [4.69, 9.17) is 4.74 Å². The van der Waals surface area contributed by atoms with E-state index >= 15 is 0 Å². The van der Waals surface area contributed by atoms with Gasteiger partial charge in [0.2, 0.25) is 0 Å². The second-order valence-corrected chi connectivity index (χ2v) is 5.46. The number of nitrogens with one attached hydrogen (secondary N) is 1. The van der Waals surface area contributed by atoms with Crippen molar-refractivity contribution < 1.29 is 4.74 Å². The molecule has 0 atom stereocenters. The van der Waals surface area contributed by atoms with Gasteiger partial charge in [0.1, 0.15) is 5.75 Å². The van der Waals surface area contributed by atoms with Crippen molar-refractivity contribution in [2.75, 3.05) is 13.2 Å². The second-order valence-electron chi connectivity index (χ2n) is 5.46. The van der Waals surface area contributed by atoms with Crippen LogP contribution >= 0.6 is 0 Å². The third-order valence-corrected chi connectivity index (χ3v) is 3.45. The molecule has 1 heterocycles. The lowest BCUT2D eigenvalue weighted by Gasteiger charge is -2.08. The van der Waals surface area contributed by atoms with Crippen LogP contribution in [0.5, 0.6) is 5.75 Å². The van der Waals surface area contributed by atoms with Gasteiger partial charge in [0, 0.05) is 12.5 Å². The van der Waals surface area contributed by atoms with Crippen molar-refractivity contribution >= 4 is 0 Å². The van der Waals surface area contributed by atoms with Gasteiger partial charge in [-0.15, -0.1) is 0 Å². The zero-order valence-corrected chi connectivity index (χ0v) is 11.7. The van der Waals surface area contributed by atoms with Gasteiger partial charge in [-0.1, -0.05) is 32.4 Å². The van der Waals surface area contributed by atoms with E-state index in [1.165, 1.54) is 36.8 Å². The number of rotatable bonds is 7. The molecular formula is C16H25NO. The fourth-order valence-electron chi connectivity index (χ4n) is 2.42. The molecule has 0 fully saturated rings. The summed E-state index contributed by atoms with van der Waals surface area (Å²) >= 11 is 0. The molecule has 1 aliphatic heterocycles. The molecule has 1 N–H and O–H groups in total. The summed E-state index contributed by atoms with van der Waals surface area (Å²) in [5, 5.41) is 3.46. The van der Waals surface area contributed by atoms with E-state index in [1.54, 1.807) is 0 Å². The molecule has 0 bridgehead atoms. The molecule has 100 valence electrons. The zero-order valence-electron chi connectivity index (χ0n) is 11.7. The number of fused-ring (bicyclic) bond motifs is 1. The van der Waals surface area contributed by atoms with Gasteiger partial charge < -0.3 is 10.1 Å². The molecular weight excluding hydrogens is 222 g/mol. The van der Waals surface area contributed by atoms with Crippen LogP contribution in [0.15, 0.2) is 18.2 Å². The summed E-state index contributed by atoms with van der Waals surface area (Å²) in [6.07, 6.45) is 6.18. The summed E-state index contributed by atoms with van der Waals surface area (Å²) < 4.78 is 5.53. The highest BCUT2D eigenvalue weighted by molar-refractivity contribution is 5.39. The Morgan fingerprint density at radius 1 is 1.22 bits per heavy atom. The Balaban J connectivity index is 1.65. The van der Waals surface area contributed by atoms with Crippen molar-refractivity contribution in [2.45, 2.75) is 52.0 Å². The van der Waals surface area contributed by atoms with Crippen LogP contribution in [-0.4, -0.2) is 19.2 Å². The van der Waals surface area contributed by atoms with E-state index in [0.717, 1.165) is 25.3 Å². The highest BCUT2D eigenvalue weighted by Gasteiger charge is 2.11. The standard InChI is InChI=1S/C16H25NO/c1-13(2)17-10-5-3-4-6-14-7-8-16-15(12-14)9-11-18-16/h7-8,12-13,17H,3-6,9-11H2,1-2H3. The minimum Gasteiger partial charge on any atom is -0.493 e. The topological polar surface area (TPSA) is 21.3 Å². The van der Waals surface area contributed by atoms with Crippen molar-refractivity contribution in [1.82, 2.24) is 5.32 Å². The molecule has 1 aromatic carbocycles. The number of hydrogen-bond donors (Lipinski definition) is 1. The molecule has 0 saturated heterocycles. The van der Waals surface area contributed by atoms with Gasteiger partial charge in [-0.25, -0.2) is 0 Å². The van der Waals surface area contributed by atoms with E-state index in [2.05, 4.69) is 37.4 Å². The average Bonchev–Trinajstić information content (AvgIpc) is 2.80. The van der Waals surface area contributed by atoms with Crippen molar-refractivity contribution in [3.63, 3.8) is 0 Å². The summed E-state index contributed by atoms with van der Waals surface area (Å²) in [6, 6.07) is 7.30. The normalized spacial score (nSPS) is 13.7. The largest absolute Gasteiger partial charge is 0.493 e. The molecule has 0 aliphatic carbocycles. The van der Waals surface area contributed by atoms with Gasteiger partial charge in [-0.2, -0.15) is 0 Å². The lowest BCUT2D eigenvalue weighted by molar-refractivity contribution is 0.357. The lowest BCUT2D eigenvalue weighted by Crippen LogP contribution is -2.23. The quantitative estimate of drug-likeness (QED) is 0.746. The number of ether oxygens (including phenoxy) is 1. The van der Waals surface area contributed by atoms with Gasteiger partial charge in [-0.05, 0) is 43.0 Å². The second kappa shape index (κ2) is 6.79. The maximum absolute atomic E-state index is 5.53. The van der Waals surface area contributed by atoms with Crippen LogP contribution in [0, 0.1) is 0 Å². The Hall–Kier alpha value is -1.02. The number of aryl methyl sites for hydroxylation is 1. The first-order valence-electron chi connectivity index (χ1n) is 7.23. The summed E-state index contributed by atoms with van der Waals surface area (Å²) in [6.45, 7) is 6.41. The molecule has 0 aromatic heterocycles. The van der Waals surface area contributed by atoms with Gasteiger partial charge in [-0.3, -0.25) is 0 Å².